The Morgan fingerprint density at radius 2 is 1.96 bits per heavy atom. The Kier molecular flexibility index (Phi) is 8.85. The second-order valence-electron chi connectivity index (χ2n) is 5.73. The van der Waals surface area contributed by atoms with Gasteiger partial charge in [-0.2, -0.15) is 0 Å². The zero-order chi connectivity index (χ0) is 19.7. The average Bonchev–Trinajstić information content (AvgIpc) is 2.62. The fourth-order valence-electron chi connectivity index (χ4n) is 2.16. The van der Waals surface area contributed by atoms with Crippen molar-refractivity contribution in [2.75, 3.05) is 13.6 Å². The molecule has 1 rings (SSSR count). The van der Waals surface area contributed by atoms with Crippen molar-refractivity contribution < 1.29 is 13.2 Å². The number of nitrogens with one attached hydrogen (secondary N) is 1. The number of hydrogen-bond donors (Lipinski definition) is 1. The van der Waals surface area contributed by atoms with Crippen LogP contribution in [0, 0.1) is 13.8 Å². The number of nitrogens with zero attached hydrogens (tertiary/aromatic N) is 1. The highest BCUT2D eigenvalue weighted by Crippen LogP contribution is 2.19. The highest BCUT2D eigenvalue weighted by Gasteiger charge is 2.12. The molecule has 1 unspecified atom stereocenters. The monoisotopic (exact) mass is 376 g/mol. The summed E-state index contributed by atoms with van der Waals surface area (Å²) in [5.74, 6) is 0.567. The number of aryl methyl sites for hydroxylation is 2. The van der Waals surface area contributed by atoms with Gasteiger partial charge in [-0.3, -0.25) is 4.90 Å². The van der Waals surface area contributed by atoms with E-state index < -0.39 is 11.1 Å². The van der Waals surface area contributed by atoms with Gasteiger partial charge in [-0.1, -0.05) is 12.1 Å². The van der Waals surface area contributed by atoms with Crippen molar-refractivity contribution in [3.63, 3.8) is 0 Å². The maximum atomic E-state index is 12.4. The minimum atomic E-state index is -1.61. The number of benzene rings is 1. The summed E-state index contributed by atoms with van der Waals surface area (Å²) in [5.41, 5.74) is 2.95. The van der Waals surface area contributed by atoms with Gasteiger partial charge in [0.15, 0.2) is 0 Å². The summed E-state index contributed by atoms with van der Waals surface area (Å²) in [6.45, 7) is 10.0. The number of carbonyl (C=O) groups is 1. The number of likely N-dealkylation sites (N-methyl/N-ethyl adjacent to an activating group) is 1. The maximum Gasteiger partial charge on any atom is 0.321 e. The van der Waals surface area contributed by atoms with Crippen LogP contribution in [0.25, 0.3) is 0 Å². The number of urea groups is 1. The second kappa shape index (κ2) is 10.6. The zero-order valence-electron chi connectivity index (χ0n) is 16.3. The van der Waals surface area contributed by atoms with Gasteiger partial charge in [-0.05, 0) is 76.1 Å². The van der Waals surface area contributed by atoms with Crippen molar-refractivity contribution in [1.82, 2.24) is 10.2 Å². The Hall–Kier alpha value is -2.34. The van der Waals surface area contributed by atoms with Crippen LogP contribution in [0.2, 0.25) is 0 Å². The third-order valence-electron chi connectivity index (χ3n) is 3.83. The van der Waals surface area contributed by atoms with E-state index in [0.29, 0.717) is 22.9 Å². The standard InChI is InChI=1S/C20H28N2O3S/c1-7-9-18(22(8-2)20(23)21-6)12-11-17(5)26(24)25-19-13-10-15(3)16(4)14-19/h7,9-14H,8H2,1-6H3,(H,21,23)/b9-7-,17-11+,18-12+. The van der Waals surface area contributed by atoms with E-state index in [9.17, 15) is 9.00 Å². The smallest absolute Gasteiger partial charge is 0.321 e. The Morgan fingerprint density at radius 3 is 2.50 bits per heavy atom. The molecule has 1 atom stereocenters. The molecule has 0 aliphatic rings. The molecule has 1 aromatic carbocycles. The van der Waals surface area contributed by atoms with Crippen molar-refractivity contribution in [3.05, 3.63) is 64.2 Å². The van der Waals surface area contributed by atoms with E-state index in [4.69, 9.17) is 4.18 Å². The number of amides is 2. The SMILES string of the molecule is C\C=C/C(=C\C=C(/C)S(=O)Oc1ccc(C)c(C)c1)N(CC)C(=O)NC. The molecular weight excluding hydrogens is 348 g/mol. The van der Waals surface area contributed by atoms with Crippen LogP contribution < -0.4 is 9.50 Å². The highest BCUT2D eigenvalue weighted by atomic mass is 32.2. The van der Waals surface area contributed by atoms with E-state index in [1.165, 1.54) is 0 Å². The summed E-state index contributed by atoms with van der Waals surface area (Å²) in [6.07, 6.45) is 7.15. The fraction of sp³-hybridized carbons (Fsp3) is 0.350. The molecule has 1 N–H and O–H groups in total. The lowest BCUT2D eigenvalue weighted by Gasteiger charge is -2.21. The molecule has 0 bridgehead atoms. The van der Waals surface area contributed by atoms with Crippen molar-refractivity contribution in [2.24, 2.45) is 0 Å². The number of allylic oxidation sites excluding steroid dienone is 5. The lowest BCUT2D eigenvalue weighted by molar-refractivity contribution is 0.216. The quantitative estimate of drug-likeness (QED) is 0.719. The van der Waals surface area contributed by atoms with Crippen LogP contribution in [-0.2, 0) is 11.1 Å². The van der Waals surface area contributed by atoms with Crippen LogP contribution in [0.4, 0.5) is 4.79 Å². The maximum absolute atomic E-state index is 12.4. The Labute approximate surface area is 159 Å². The van der Waals surface area contributed by atoms with Gasteiger partial charge in [0.2, 0.25) is 11.1 Å². The molecule has 5 nitrogen and oxygen atoms in total. The molecule has 0 aromatic heterocycles. The topological polar surface area (TPSA) is 58.6 Å². The molecule has 0 aliphatic heterocycles. The summed E-state index contributed by atoms with van der Waals surface area (Å²) < 4.78 is 17.9. The van der Waals surface area contributed by atoms with Crippen LogP contribution in [0.15, 0.2) is 53.1 Å². The van der Waals surface area contributed by atoms with Gasteiger partial charge in [-0.25, -0.2) is 9.00 Å². The third kappa shape index (κ3) is 6.19. The summed E-state index contributed by atoms with van der Waals surface area (Å²) in [7, 11) is 1.59. The largest absolute Gasteiger partial charge is 0.397 e. The predicted octanol–water partition coefficient (Wildman–Crippen LogP) is 4.37. The first-order valence-corrected chi connectivity index (χ1v) is 9.59. The zero-order valence-corrected chi connectivity index (χ0v) is 17.1. The van der Waals surface area contributed by atoms with E-state index in [1.807, 2.05) is 52.0 Å². The normalized spacial score (nSPS) is 13.6. The summed E-state index contributed by atoms with van der Waals surface area (Å²) in [4.78, 5) is 14.1. The van der Waals surface area contributed by atoms with Gasteiger partial charge in [0.25, 0.3) is 0 Å². The fourth-order valence-corrected chi connectivity index (χ4v) is 2.75. The summed E-state index contributed by atoms with van der Waals surface area (Å²) in [5, 5.41) is 2.61. The molecule has 0 radical (unpaired) electrons. The molecular formula is C20H28N2O3S. The number of rotatable bonds is 7. The number of hydrogen-bond acceptors (Lipinski definition) is 3. The van der Waals surface area contributed by atoms with Gasteiger partial charge < -0.3 is 9.50 Å². The third-order valence-corrected chi connectivity index (χ3v) is 4.83. The van der Waals surface area contributed by atoms with Crippen LogP contribution in [-0.4, -0.2) is 28.7 Å². The first-order valence-electron chi connectivity index (χ1n) is 8.51. The highest BCUT2D eigenvalue weighted by molar-refractivity contribution is 7.84. The molecule has 6 heteroatoms. The number of carbonyl (C=O) groups excluding carboxylic acids is 1. The van der Waals surface area contributed by atoms with Gasteiger partial charge >= 0.3 is 6.03 Å². The molecule has 2 amide bonds. The molecule has 0 saturated carbocycles. The Bertz CT molecular complexity index is 751. The van der Waals surface area contributed by atoms with Gasteiger partial charge in [0, 0.05) is 19.3 Å². The van der Waals surface area contributed by atoms with Gasteiger partial charge in [0.05, 0.1) is 4.91 Å². The van der Waals surface area contributed by atoms with E-state index in [1.54, 1.807) is 37.1 Å². The van der Waals surface area contributed by atoms with Crippen LogP contribution >= 0.6 is 0 Å². The molecule has 0 fully saturated rings. The lowest BCUT2D eigenvalue weighted by Crippen LogP contribution is -2.36. The first kappa shape index (κ1) is 21.7. The van der Waals surface area contributed by atoms with Crippen molar-refractivity contribution >= 4 is 17.1 Å². The van der Waals surface area contributed by atoms with Crippen molar-refractivity contribution in [1.29, 1.82) is 0 Å². The molecule has 0 heterocycles. The van der Waals surface area contributed by atoms with E-state index in [2.05, 4.69) is 5.32 Å². The van der Waals surface area contributed by atoms with Crippen molar-refractivity contribution in [3.8, 4) is 5.75 Å². The lowest BCUT2D eigenvalue weighted by atomic mass is 10.1. The van der Waals surface area contributed by atoms with E-state index in [0.717, 1.165) is 11.1 Å². The van der Waals surface area contributed by atoms with E-state index in [-0.39, 0.29) is 6.03 Å². The van der Waals surface area contributed by atoms with Crippen LogP contribution in [0.3, 0.4) is 0 Å². The van der Waals surface area contributed by atoms with Crippen LogP contribution in [0.1, 0.15) is 31.9 Å². The predicted molar refractivity (Wildman–Crippen MR) is 108 cm³/mol. The second-order valence-corrected chi connectivity index (χ2v) is 7.01. The molecule has 0 spiro atoms. The molecule has 1 aromatic rings. The average molecular weight is 377 g/mol. The molecule has 0 aliphatic carbocycles. The van der Waals surface area contributed by atoms with Crippen molar-refractivity contribution in [2.45, 2.75) is 34.6 Å². The Morgan fingerprint density at radius 1 is 1.27 bits per heavy atom. The molecule has 26 heavy (non-hydrogen) atoms. The van der Waals surface area contributed by atoms with E-state index >= 15 is 0 Å². The first-order chi connectivity index (χ1) is 12.3. The Balaban J connectivity index is 2.99. The molecule has 142 valence electrons. The summed E-state index contributed by atoms with van der Waals surface area (Å²) in [6, 6.07) is 5.41. The van der Waals surface area contributed by atoms with Crippen LogP contribution in [0.5, 0.6) is 5.75 Å². The molecule has 0 saturated heterocycles. The van der Waals surface area contributed by atoms with Gasteiger partial charge in [-0.15, -0.1) is 0 Å². The van der Waals surface area contributed by atoms with Gasteiger partial charge in [0.1, 0.15) is 5.75 Å². The minimum Gasteiger partial charge on any atom is -0.397 e. The summed E-state index contributed by atoms with van der Waals surface area (Å²) >= 11 is -1.61. The minimum absolute atomic E-state index is 0.199.